The van der Waals surface area contributed by atoms with Crippen molar-refractivity contribution in [2.45, 2.75) is 0 Å². The van der Waals surface area contributed by atoms with Gasteiger partial charge in [-0.15, -0.1) is 0 Å². The fraction of sp³-hybridized carbons (Fsp3) is 1.00. The van der Waals surface area contributed by atoms with Crippen LogP contribution in [0.1, 0.15) is 0 Å². The van der Waals surface area contributed by atoms with Crippen LogP contribution < -0.4 is 11.5 Å². The van der Waals surface area contributed by atoms with Crippen LogP contribution >= 0.6 is 0 Å². The Balaban J connectivity index is 2.60. The molecule has 5 heteroatoms. The molecular formula is C4H12N2O3. The third-order valence-corrected chi connectivity index (χ3v) is 0.499. The predicted octanol–water partition coefficient (Wildman–Crippen LogP) is -1.22. The lowest BCUT2D eigenvalue weighted by atomic mass is 10.8. The second-order valence-corrected chi connectivity index (χ2v) is 1.29. The van der Waals surface area contributed by atoms with E-state index in [2.05, 4.69) is 14.8 Å². The molecule has 0 unspecified atom stereocenters. The van der Waals surface area contributed by atoms with Crippen molar-refractivity contribution in [3.63, 3.8) is 0 Å². The molecule has 56 valence electrons. The quantitative estimate of drug-likeness (QED) is 0.272. The second kappa shape index (κ2) is 7.80. The molecule has 0 aromatic heterocycles. The van der Waals surface area contributed by atoms with Crippen LogP contribution in [0, 0.1) is 0 Å². The van der Waals surface area contributed by atoms with E-state index >= 15 is 0 Å². The molecule has 0 atom stereocenters. The van der Waals surface area contributed by atoms with Gasteiger partial charge in [0.25, 0.3) is 0 Å². The first-order valence-electron chi connectivity index (χ1n) is 2.73. The van der Waals surface area contributed by atoms with Gasteiger partial charge in [0, 0.05) is 13.1 Å². The van der Waals surface area contributed by atoms with Crippen molar-refractivity contribution >= 4 is 0 Å². The molecule has 0 saturated heterocycles. The van der Waals surface area contributed by atoms with Crippen LogP contribution in [0.25, 0.3) is 0 Å². The zero-order valence-electron chi connectivity index (χ0n) is 5.21. The lowest BCUT2D eigenvalue weighted by molar-refractivity contribution is -0.510. The van der Waals surface area contributed by atoms with Gasteiger partial charge in [-0.25, -0.2) is 9.78 Å². The molecule has 5 nitrogen and oxygen atoms in total. The Morgan fingerprint density at radius 3 is 1.67 bits per heavy atom. The van der Waals surface area contributed by atoms with E-state index in [-0.39, 0.29) is 0 Å². The second-order valence-electron chi connectivity index (χ2n) is 1.29. The van der Waals surface area contributed by atoms with Gasteiger partial charge in [0.2, 0.25) is 0 Å². The summed E-state index contributed by atoms with van der Waals surface area (Å²) in [6.07, 6.45) is 0. The summed E-state index contributed by atoms with van der Waals surface area (Å²) in [7, 11) is 0. The highest BCUT2D eigenvalue weighted by atomic mass is 17.5. The van der Waals surface area contributed by atoms with Gasteiger partial charge in [-0.2, -0.15) is 0 Å². The van der Waals surface area contributed by atoms with Crippen LogP contribution in [-0.4, -0.2) is 26.3 Å². The molecule has 0 aromatic rings. The van der Waals surface area contributed by atoms with Crippen molar-refractivity contribution in [2.24, 2.45) is 11.5 Å². The number of rotatable bonds is 6. The van der Waals surface area contributed by atoms with Crippen LogP contribution in [0.4, 0.5) is 0 Å². The summed E-state index contributed by atoms with van der Waals surface area (Å²) in [6, 6.07) is 0. The molecule has 0 fully saturated rings. The molecule has 0 heterocycles. The van der Waals surface area contributed by atoms with Gasteiger partial charge < -0.3 is 11.5 Å². The maximum absolute atomic E-state index is 5.06. The Morgan fingerprint density at radius 1 is 0.889 bits per heavy atom. The smallest absolute Gasteiger partial charge is 0.0976 e. The van der Waals surface area contributed by atoms with Crippen molar-refractivity contribution in [3.05, 3.63) is 0 Å². The molecule has 0 spiro atoms. The molecule has 0 bridgehead atoms. The Morgan fingerprint density at radius 2 is 1.33 bits per heavy atom. The summed E-state index contributed by atoms with van der Waals surface area (Å²) < 4.78 is 0. The molecule has 0 radical (unpaired) electrons. The minimum Gasteiger partial charge on any atom is -0.328 e. The average Bonchev–Trinajstić information content (AvgIpc) is 1.89. The Kier molecular flexibility index (Phi) is 7.63. The largest absolute Gasteiger partial charge is 0.328 e. The molecule has 0 aliphatic heterocycles. The predicted molar refractivity (Wildman–Crippen MR) is 31.1 cm³/mol. The fourth-order valence-corrected chi connectivity index (χ4v) is 0.198. The summed E-state index contributed by atoms with van der Waals surface area (Å²) in [5.41, 5.74) is 10.1. The van der Waals surface area contributed by atoms with E-state index in [1.165, 1.54) is 0 Å². The van der Waals surface area contributed by atoms with Crippen molar-refractivity contribution in [3.8, 4) is 0 Å². The fourth-order valence-electron chi connectivity index (χ4n) is 0.198. The third-order valence-electron chi connectivity index (χ3n) is 0.499. The van der Waals surface area contributed by atoms with Crippen molar-refractivity contribution in [2.75, 3.05) is 26.3 Å². The summed E-state index contributed by atoms with van der Waals surface area (Å²) in [5.74, 6) is 0. The van der Waals surface area contributed by atoms with E-state index in [0.29, 0.717) is 26.3 Å². The highest BCUT2D eigenvalue weighted by Crippen LogP contribution is 1.77. The topological polar surface area (TPSA) is 79.7 Å². The van der Waals surface area contributed by atoms with Gasteiger partial charge in [0.05, 0.1) is 13.2 Å². The molecular weight excluding hydrogens is 124 g/mol. The standard InChI is InChI=1S/C4H12N2O3/c5-1-3-7-9-8-4-2-6/h1-6H2. The van der Waals surface area contributed by atoms with Crippen LogP contribution in [0.5, 0.6) is 0 Å². The van der Waals surface area contributed by atoms with Crippen molar-refractivity contribution in [1.29, 1.82) is 0 Å². The summed E-state index contributed by atoms with van der Waals surface area (Å²) in [4.78, 5) is 8.76. The Labute approximate surface area is 53.7 Å². The minimum absolute atomic E-state index is 0.324. The molecule has 0 aliphatic carbocycles. The van der Waals surface area contributed by atoms with Crippen molar-refractivity contribution < 1.29 is 14.8 Å². The first-order valence-corrected chi connectivity index (χ1v) is 2.73. The molecule has 0 amide bonds. The number of hydrogen-bond donors (Lipinski definition) is 2. The van der Waals surface area contributed by atoms with Gasteiger partial charge in [0.15, 0.2) is 0 Å². The zero-order valence-corrected chi connectivity index (χ0v) is 5.21. The number of nitrogens with two attached hydrogens (primary N) is 2. The molecule has 9 heavy (non-hydrogen) atoms. The van der Waals surface area contributed by atoms with Gasteiger partial charge in [0.1, 0.15) is 0 Å². The average molecular weight is 136 g/mol. The first kappa shape index (κ1) is 8.80. The minimum atomic E-state index is 0.324. The van der Waals surface area contributed by atoms with E-state index in [0.717, 1.165) is 0 Å². The van der Waals surface area contributed by atoms with Crippen LogP contribution in [0.3, 0.4) is 0 Å². The maximum Gasteiger partial charge on any atom is 0.0976 e. The summed E-state index contributed by atoms with van der Waals surface area (Å²) in [6.45, 7) is 1.47. The third kappa shape index (κ3) is 7.80. The monoisotopic (exact) mass is 136 g/mol. The number of hydrogen-bond acceptors (Lipinski definition) is 5. The molecule has 0 saturated carbocycles. The van der Waals surface area contributed by atoms with Gasteiger partial charge in [-0.3, -0.25) is 0 Å². The van der Waals surface area contributed by atoms with E-state index in [9.17, 15) is 0 Å². The van der Waals surface area contributed by atoms with E-state index in [4.69, 9.17) is 11.5 Å². The molecule has 0 aromatic carbocycles. The normalized spacial score (nSPS) is 10.0. The highest BCUT2D eigenvalue weighted by Gasteiger charge is 1.84. The molecule has 0 aliphatic rings. The molecule has 4 N–H and O–H groups in total. The van der Waals surface area contributed by atoms with Gasteiger partial charge >= 0.3 is 0 Å². The highest BCUT2D eigenvalue weighted by molar-refractivity contribution is 4.22. The van der Waals surface area contributed by atoms with E-state index < -0.39 is 0 Å². The lowest BCUT2D eigenvalue weighted by Crippen LogP contribution is -2.12. The Bertz CT molecular complexity index is 47.1. The van der Waals surface area contributed by atoms with E-state index in [1.807, 2.05) is 0 Å². The zero-order chi connectivity index (χ0) is 6.95. The first-order chi connectivity index (χ1) is 4.41. The maximum atomic E-state index is 5.06. The van der Waals surface area contributed by atoms with Crippen LogP contribution in [0.15, 0.2) is 0 Å². The van der Waals surface area contributed by atoms with E-state index in [1.54, 1.807) is 0 Å². The van der Waals surface area contributed by atoms with Gasteiger partial charge in [-0.1, -0.05) is 5.04 Å². The van der Waals surface area contributed by atoms with Crippen LogP contribution in [-0.2, 0) is 14.8 Å². The SMILES string of the molecule is NCCOOOCCN. The van der Waals surface area contributed by atoms with Crippen LogP contribution in [0.2, 0.25) is 0 Å². The summed E-state index contributed by atoms with van der Waals surface area (Å²) in [5, 5.41) is 4.15. The summed E-state index contributed by atoms with van der Waals surface area (Å²) >= 11 is 0. The molecule has 0 rings (SSSR count). The van der Waals surface area contributed by atoms with Gasteiger partial charge in [-0.05, 0) is 0 Å². The lowest BCUT2D eigenvalue weighted by Gasteiger charge is -1.98. The Hall–Kier alpha value is -0.200. The van der Waals surface area contributed by atoms with Crippen molar-refractivity contribution in [1.82, 2.24) is 0 Å².